The van der Waals surface area contributed by atoms with Crippen LogP contribution in [0.4, 0.5) is 5.82 Å². The summed E-state index contributed by atoms with van der Waals surface area (Å²) in [5.41, 5.74) is 8.08. The molecule has 0 unspecified atom stereocenters. The molecule has 194 valence electrons. The Bertz CT molecular complexity index is 1290. The molecule has 0 radical (unpaired) electrons. The summed E-state index contributed by atoms with van der Waals surface area (Å²) in [6.07, 6.45) is 1.77. The molecule has 1 aliphatic rings. The first kappa shape index (κ1) is 26.6. The highest BCUT2D eigenvalue weighted by molar-refractivity contribution is 6.34. The largest absolute Gasteiger partial charge is 0.376 e. The first-order chi connectivity index (χ1) is 17.6. The number of carbonyl (C=O) groups is 2. The van der Waals surface area contributed by atoms with E-state index in [2.05, 4.69) is 4.90 Å². The van der Waals surface area contributed by atoms with Gasteiger partial charge in [-0.05, 0) is 36.2 Å². The molecular formula is C28H32ClN5O3. The molecule has 0 spiro atoms. The molecule has 3 N–H and O–H groups in total. The molecule has 2 aromatic carbocycles. The number of piperazine rings is 1. The molecule has 0 aliphatic carbocycles. The van der Waals surface area contributed by atoms with Gasteiger partial charge in [0.2, 0.25) is 0 Å². The summed E-state index contributed by atoms with van der Waals surface area (Å²) in [5.74, 6) is 0.308. The van der Waals surface area contributed by atoms with Gasteiger partial charge in [-0.25, -0.2) is 4.98 Å². The topological polar surface area (TPSA) is 103 Å². The van der Waals surface area contributed by atoms with Gasteiger partial charge in [-0.3, -0.25) is 9.59 Å². The third-order valence-corrected chi connectivity index (χ3v) is 7.03. The van der Waals surface area contributed by atoms with E-state index in [0.29, 0.717) is 48.9 Å². The highest BCUT2D eigenvalue weighted by Gasteiger charge is 2.37. The second-order valence-electron chi connectivity index (χ2n) is 9.52. The first-order valence-corrected chi connectivity index (χ1v) is 12.5. The molecule has 1 aromatic heterocycles. The van der Waals surface area contributed by atoms with E-state index in [9.17, 15) is 14.7 Å². The molecule has 0 bridgehead atoms. The van der Waals surface area contributed by atoms with E-state index in [1.165, 1.54) is 4.90 Å². The van der Waals surface area contributed by atoms with E-state index in [1.807, 2.05) is 30.3 Å². The summed E-state index contributed by atoms with van der Waals surface area (Å²) in [6.45, 7) is 3.91. The summed E-state index contributed by atoms with van der Waals surface area (Å²) in [7, 11) is 3.37. The summed E-state index contributed by atoms with van der Waals surface area (Å²) in [6, 6.07) is 16.3. The molecule has 2 amide bonds. The molecule has 9 heteroatoms. The number of aromatic nitrogens is 1. The summed E-state index contributed by atoms with van der Waals surface area (Å²) in [5, 5.41) is 11.3. The molecule has 1 fully saturated rings. The Morgan fingerprint density at radius 2 is 1.73 bits per heavy atom. The van der Waals surface area contributed by atoms with Gasteiger partial charge in [-0.1, -0.05) is 48.0 Å². The van der Waals surface area contributed by atoms with Crippen molar-refractivity contribution in [3.8, 4) is 11.1 Å². The third kappa shape index (κ3) is 5.46. The SMILES string of the molecule is CN(C)C(=O)c1ccc(-c2cnc(N3CCN(C(=O)[C@](C)(O)c4ccccc4)CC3)c(CN)c2)cc1Cl. The maximum atomic E-state index is 13.1. The predicted octanol–water partition coefficient (Wildman–Crippen LogP) is 3.12. The van der Waals surface area contributed by atoms with Crippen LogP contribution in [0.1, 0.15) is 28.4 Å². The minimum Gasteiger partial charge on any atom is -0.376 e. The average Bonchev–Trinajstić information content (AvgIpc) is 2.92. The van der Waals surface area contributed by atoms with Crippen LogP contribution in [-0.4, -0.2) is 72.0 Å². The van der Waals surface area contributed by atoms with E-state index >= 15 is 0 Å². The average molecular weight is 522 g/mol. The summed E-state index contributed by atoms with van der Waals surface area (Å²) >= 11 is 6.40. The van der Waals surface area contributed by atoms with Crippen molar-refractivity contribution in [3.63, 3.8) is 0 Å². The molecule has 1 saturated heterocycles. The number of amides is 2. The van der Waals surface area contributed by atoms with Crippen LogP contribution in [0.5, 0.6) is 0 Å². The van der Waals surface area contributed by atoms with Gasteiger partial charge in [0, 0.05) is 64.1 Å². The highest BCUT2D eigenvalue weighted by atomic mass is 35.5. The van der Waals surface area contributed by atoms with Crippen LogP contribution in [0.3, 0.4) is 0 Å². The van der Waals surface area contributed by atoms with Crippen molar-refractivity contribution in [1.29, 1.82) is 0 Å². The zero-order valence-corrected chi connectivity index (χ0v) is 22.1. The number of hydrogen-bond acceptors (Lipinski definition) is 6. The number of anilines is 1. The molecule has 3 aromatic rings. The molecular weight excluding hydrogens is 490 g/mol. The van der Waals surface area contributed by atoms with E-state index in [-0.39, 0.29) is 11.8 Å². The smallest absolute Gasteiger partial charge is 0.259 e. The zero-order valence-electron chi connectivity index (χ0n) is 21.3. The van der Waals surface area contributed by atoms with Crippen molar-refractivity contribution < 1.29 is 14.7 Å². The second kappa shape index (κ2) is 10.9. The fourth-order valence-corrected chi connectivity index (χ4v) is 4.78. The van der Waals surface area contributed by atoms with Crippen LogP contribution >= 0.6 is 11.6 Å². The Morgan fingerprint density at radius 3 is 2.32 bits per heavy atom. The van der Waals surface area contributed by atoms with Crippen LogP contribution < -0.4 is 10.6 Å². The number of aliphatic hydroxyl groups is 1. The Kier molecular flexibility index (Phi) is 7.82. The number of rotatable bonds is 6. The first-order valence-electron chi connectivity index (χ1n) is 12.2. The van der Waals surface area contributed by atoms with Crippen LogP contribution in [-0.2, 0) is 16.9 Å². The van der Waals surface area contributed by atoms with E-state index in [1.54, 1.807) is 56.4 Å². The normalized spacial score (nSPS) is 15.3. The lowest BCUT2D eigenvalue weighted by atomic mass is 9.94. The van der Waals surface area contributed by atoms with Gasteiger partial charge in [-0.15, -0.1) is 0 Å². The lowest BCUT2D eigenvalue weighted by Gasteiger charge is -2.39. The number of hydrogen-bond donors (Lipinski definition) is 2. The second-order valence-corrected chi connectivity index (χ2v) is 9.93. The minimum absolute atomic E-state index is 0.157. The number of carbonyl (C=O) groups excluding carboxylic acids is 2. The Morgan fingerprint density at radius 1 is 1.05 bits per heavy atom. The third-order valence-electron chi connectivity index (χ3n) is 6.72. The highest BCUT2D eigenvalue weighted by Crippen LogP contribution is 2.30. The fraction of sp³-hybridized carbons (Fsp3) is 0.321. The van der Waals surface area contributed by atoms with E-state index in [0.717, 1.165) is 22.5 Å². The van der Waals surface area contributed by atoms with Gasteiger partial charge < -0.3 is 25.5 Å². The van der Waals surface area contributed by atoms with Crippen molar-refractivity contribution in [2.45, 2.75) is 19.1 Å². The number of halogens is 1. The van der Waals surface area contributed by atoms with Gasteiger partial charge in [0.05, 0.1) is 10.6 Å². The quantitative estimate of drug-likeness (QED) is 0.516. The summed E-state index contributed by atoms with van der Waals surface area (Å²) in [4.78, 5) is 35.4. The molecule has 0 saturated carbocycles. The predicted molar refractivity (Wildman–Crippen MR) is 145 cm³/mol. The van der Waals surface area contributed by atoms with Crippen LogP contribution in [0, 0.1) is 0 Å². The Labute approximate surface area is 222 Å². The van der Waals surface area contributed by atoms with Gasteiger partial charge in [0.15, 0.2) is 5.60 Å². The van der Waals surface area contributed by atoms with Crippen LogP contribution in [0.2, 0.25) is 5.02 Å². The van der Waals surface area contributed by atoms with Gasteiger partial charge in [-0.2, -0.15) is 0 Å². The monoisotopic (exact) mass is 521 g/mol. The van der Waals surface area contributed by atoms with Crippen molar-refractivity contribution >= 4 is 29.2 Å². The van der Waals surface area contributed by atoms with Crippen molar-refractivity contribution in [1.82, 2.24) is 14.8 Å². The van der Waals surface area contributed by atoms with Crippen molar-refractivity contribution in [3.05, 3.63) is 82.5 Å². The number of nitrogens with two attached hydrogens (primary N) is 1. The van der Waals surface area contributed by atoms with Crippen molar-refractivity contribution in [2.75, 3.05) is 45.2 Å². The zero-order chi connectivity index (χ0) is 26.7. The standard InChI is InChI=1S/C28H32ClN5O3/c1-28(37,22-7-5-4-6-8-22)27(36)34-13-11-33(12-14-34)25-20(17-30)15-21(18-31-25)19-9-10-23(24(29)16-19)26(35)32(2)3/h4-10,15-16,18,37H,11-14,17,30H2,1-3H3/t28-/m1/s1. The number of benzene rings is 2. The van der Waals surface area contributed by atoms with E-state index < -0.39 is 5.60 Å². The molecule has 1 aliphatic heterocycles. The van der Waals surface area contributed by atoms with Gasteiger partial charge in [0.25, 0.3) is 11.8 Å². The minimum atomic E-state index is -1.58. The Balaban J connectivity index is 1.48. The maximum absolute atomic E-state index is 13.1. The molecule has 4 rings (SSSR count). The molecule has 8 nitrogen and oxygen atoms in total. The summed E-state index contributed by atoms with van der Waals surface area (Å²) < 4.78 is 0. The van der Waals surface area contributed by atoms with Crippen LogP contribution in [0.25, 0.3) is 11.1 Å². The lowest BCUT2D eigenvalue weighted by molar-refractivity contribution is -0.150. The van der Waals surface area contributed by atoms with Crippen LogP contribution in [0.15, 0.2) is 60.8 Å². The van der Waals surface area contributed by atoms with Crippen molar-refractivity contribution in [2.24, 2.45) is 5.73 Å². The van der Waals surface area contributed by atoms with E-state index in [4.69, 9.17) is 22.3 Å². The number of pyridine rings is 1. The van der Waals surface area contributed by atoms with Gasteiger partial charge in [0.1, 0.15) is 5.82 Å². The lowest BCUT2D eigenvalue weighted by Crippen LogP contribution is -2.54. The molecule has 37 heavy (non-hydrogen) atoms. The Hall–Kier alpha value is -3.46. The maximum Gasteiger partial charge on any atom is 0.259 e. The number of nitrogens with zero attached hydrogens (tertiary/aromatic N) is 4. The fourth-order valence-electron chi connectivity index (χ4n) is 4.52. The molecule has 2 heterocycles. The van der Waals surface area contributed by atoms with Gasteiger partial charge >= 0.3 is 0 Å². The molecule has 1 atom stereocenters.